The fourth-order valence-electron chi connectivity index (χ4n) is 6.07. The van der Waals surface area contributed by atoms with E-state index in [1.807, 2.05) is 36.4 Å². The van der Waals surface area contributed by atoms with Crippen molar-refractivity contribution in [1.82, 2.24) is 0 Å². The van der Waals surface area contributed by atoms with Gasteiger partial charge in [-0.05, 0) is 67.0 Å². The van der Waals surface area contributed by atoms with Crippen LogP contribution in [-0.4, -0.2) is 37.5 Å². The molecule has 0 amide bonds. The van der Waals surface area contributed by atoms with Crippen LogP contribution in [-0.2, 0) is 49.5 Å². The smallest absolute Gasteiger partial charge is 0.434 e. The van der Waals surface area contributed by atoms with Crippen LogP contribution in [0.4, 0.5) is 9.59 Å². The molecule has 0 saturated heterocycles. The molecule has 9 nitrogen and oxygen atoms in total. The van der Waals surface area contributed by atoms with Gasteiger partial charge in [-0.25, -0.2) is 14.4 Å². The van der Waals surface area contributed by atoms with Crippen molar-refractivity contribution in [2.45, 2.75) is 163 Å². The molecule has 0 N–H and O–H groups in total. The minimum atomic E-state index is -1.20. The van der Waals surface area contributed by atoms with Gasteiger partial charge in [-0.3, -0.25) is 4.79 Å². The topological polar surface area (TPSA) is 114 Å². The van der Waals surface area contributed by atoms with Crippen LogP contribution < -0.4 is 9.47 Å². The lowest BCUT2D eigenvalue weighted by atomic mass is 10.0. The molecule has 9 heteroatoms. The van der Waals surface area contributed by atoms with Gasteiger partial charge in [0, 0.05) is 18.4 Å². The SMILES string of the molecule is C=C(C)C(=O)Oc1cc(CCCCCCCCCC)ccc1CCOC(=O)OC(=O)OCCc1ccc(CCCCCCCCCC)cc1OC(=O)C(C)C. The molecule has 55 heavy (non-hydrogen) atoms. The standard InChI is InChI=1S/C46H68O9/c1-7-9-11-13-15-17-19-21-23-37-25-27-39(41(33-37)53-43(47)35(3)4)29-31-51-45(49)55-46(50)52-32-30-40-28-26-38(34-42(40)54-44(48)36(5)6)24-22-20-18-16-14-12-10-8-2/h25-28,33-34,36H,3,7-24,29-32H2,1-2,4-6H3. The number of unbranched alkanes of at least 4 members (excludes halogenated alkanes) is 14. The Morgan fingerprint density at radius 3 is 1.36 bits per heavy atom. The quantitative estimate of drug-likeness (QED) is 0.0274. The van der Waals surface area contributed by atoms with E-state index in [0.29, 0.717) is 22.6 Å². The maximum Gasteiger partial charge on any atom is 0.518 e. The van der Waals surface area contributed by atoms with Gasteiger partial charge < -0.3 is 23.7 Å². The monoisotopic (exact) mass is 764 g/mol. The zero-order chi connectivity index (χ0) is 40.3. The average Bonchev–Trinajstić information content (AvgIpc) is 3.15. The third-order valence-electron chi connectivity index (χ3n) is 9.48. The maximum absolute atomic E-state index is 12.5. The second kappa shape index (κ2) is 28.3. The van der Waals surface area contributed by atoms with Gasteiger partial charge in [0.15, 0.2) is 0 Å². The van der Waals surface area contributed by atoms with Crippen LogP contribution in [0.5, 0.6) is 11.5 Å². The van der Waals surface area contributed by atoms with Crippen LogP contribution in [0.25, 0.3) is 0 Å². The number of hydrogen-bond donors (Lipinski definition) is 0. The van der Waals surface area contributed by atoms with Gasteiger partial charge in [0.25, 0.3) is 0 Å². The molecule has 0 aliphatic rings. The highest BCUT2D eigenvalue weighted by atomic mass is 16.8. The number of rotatable bonds is 28. The second-order valence-corrected chi connectivity index (χ2v) is 14.9. The third kappa shape index (κ3) is 20.9. The van der Waals surface area contributed by atoms with Crippen LogP contribution in [0.2, 0.25) is 0 Å². The van der Waals surface area contributed by atoms with Gasteiger partial charge in [0.1, 0.15) is 11.5 Å². The molecule has 0 unspecified atom stereocenters. The molecule has 306 valence electrons. The lowest BCUT2D eigenvalue weighted by molar-refractivity contribution is -0.137. The van der Waals surface area contributed by atoms with Gasteiger partial charge in [-0.1, -0.05) is 148 Å². The highest BCUT2D eigenvalue weighted by molar-refractivity contribution is 5.89. The van der Waals surface area contributed by atoms with Gasteiger partial charge >= 0.3 is 24.2 Å². The summed E-state index contributed by atoms with van der Waals surface area (Å²) in [4.78, 5) is 49.4. The van der Waals surface area contributed by atoms with Gasteiger partial charge in [0.05, 0.1) is 19.1 Å². The van der Waals surface area contributed by atoms with Crippen LogP contribution >= 0.6 is 0 Å². The fraction of sp³-hybridized carbons (Fsp3) is 0.609. The average molecular weight is 765 g/mol. The summed E-state index contributed by atoms with van der Waals surface area (Å²) in [7, 11) is 0. The molecule has 2 aromatic carbocycles. The predicted octanol–water partition coefficient (Wildman–Crippen LogP) is 12.2. The minimum Gasteiger partial charge on any atom is -0.434 e. The summed E-state index contributed by atoms with van der Waals surface area (Å²) < 4.78 is 26.3. The minimum absolute atomic E-state index is 0.0987. The molecule has 0 aliphatic carbocycles. The summed E-state index contributed by atoms with van der Waals surface area (Å²) in [5.41, 5.74) is 3.79. The lowest BCUT2D eigenvalue weighted by Crippen LogP contribution is -2.18. The van der Waals surface area contributed by atoms with Crippen molar-refractivity contribution >= 4 is 24.2 Å². The fourth-order valence-corrected chi connectivity index (χ4v) is 6.07. The van der Waals surface area contributed by atoms with Crippen LogP contribution in [0.1, 0.15) is 160 Å². The van der Waals surface area contributed by atoms with Crippen molar-refractivity contribution < 1.29 is 42.9 Å². The Labute approximate surface area is 330 Å². The summed E-state index contributed by atoms with van der Waals surface area (Å²) >= 11 is 0. The number of carbonyl (C=O) groups is 4. The zero-order valence-corrected chi connectivity index (χ0v) is 34.5. The first-order chi connectivity index (χ1) is 26.5. The highest BCUT2D eigenvalue weighted by Crippen LogP contribution is 2.26. The van der Waals surface area contributed by atoms with Crippen molar-refractivity contribution in [3.05, 3.63) is 70.8 Å². The third-order valence-corrected chi connectivity index (χ3v) is 9.48. The van der Waals surface area contributed by atoms with E-state index in [9.17, 15) is 19.2 Å². The molecular formula is C46H68O9. The zero-order valence-electron chi connectivity index (χ0n) is 34.5. The Balaban J connectivity index is 1.84. The van der Waals surface area contributed by atoms with Gasteiger partial charge in [0.2, 0.25) is 0 Å². The van der Waals surface area contributed by atoms with Crippen LogP contribution in [0.3, 0.4) is 0 Å². The number of aryl methyl sites for hydroxylation is 2. The molecule has 2 aromatic rings. The van der Waals surface area contributed by atoms with E-state index in [1.165, 1.54) is 77.0 Å². The van der Waals surface area contributed by atoms with E-state index in [-0.39, 0.29) is 43.5 Å². The molecule has 0 atom stereocenters. The first kappa shape index (κ1) is 47.0. The van der Waals surface area contributed by atoms with Crippen molar-refractivity contribution in [1.29, 1.82) is 0 Å². The second-order valence-electron chi connectivity index (χ2n) is 14.9. The Hall–Kier alpha value is -4.14. The van der Waals surface area contributed by atoms with Crippen molar-refractivity contribution in [3.8, 4) is 11.5 Å². The molecule has 0 aromatic heterocycles. The molecular weight excluding hydrogens is 696 g/mol. The van der Waals surface area contributed by atoms with E-state index < -0.39 is 18.3 Å². The van der Waals surface area contributed by atoms with E-state index in [0.717, 1.165) is 49.7 Å². The van der Waals surface area contributed by atoms with Crippen molar-refractivity contribution in [2.24, 2.45) is 5.92 Å². The number of benzene rings is 2. The lowest BCUT2D eigenvalue weighted by Gasteiger charge is -2.14. The van der Waals surface area contributed by atoms with Crippen LogP contribution in [0.15, 0.2) is 48.6 Å². The Kier molecular flexibility index (Phi) is 24.2. The summed E-state index contributed by atoms with van der Waals surface area (Å²) in [6.45, 7) is 13.0. The number of carbonyl (C=O) groups excluding carboxylic acids is 4. The molecule has 0 fully saturated rings. The van der Waals surface area contributed by atoms with Crippen LogP contribution in [0, 0.1) is 5.92 Å². The first-order valence-electron chi connectivity index (χ1n) is 20.9. The Bertz CT molecular complexity index is 1460. The number of hydrogen-bond acceptors (Lipinski definition) is 9. The molecule has 0 spiro atoms. The van der Waals surface area contributed by atoms with E-state index in [4.69, 9.17) is 23.7 Å². The van der Waals surface area contributed by atoms with Gasteiger partial charge in [-0.15, -0.1) is 0 Å². The molecule has 0 heterocycles. The van der Waals surface area contributed by atoms with E-state index >= 15 is 0 Å². The molecule has 0 aliphatic heterocycles. The maximum atomic E-state index is 12.5. The normalized spacial score (nSPS) is 10.9. The van der Waals surface area contributed by atoms with Crippen molar-refractivity contribution in [3.63, 3.8) is 0 Å². The largest absolute Gasteiger partial charge is 0.518 e. The molecule has 0 radical (unpaired) electrons. The Morgan fingerprint density at radius 1 is 0.564 bits per heavy atom. The number of esters is 2. The highest BCUT2D eigenvalue weighted by Gasteiger charge is 2.18. The molecule has 0 saturated carbocycles. The first-order valence-corrected chi connectivity index (χ1v) is 20.9. The summed E-state index contributed by atoms with van der Waals surface area (Å²) in [5.74, 6) is -0.344. The van der Waals surface area contributed by atoms with E-state index in [1.54, 1.807) is 20.8 Å². The molecule has 2 rings (SSSR count). The number of ether oxygens (including phenoxy) is 5. The summed E-state index contributed by atoms with van der Waals surface area (Å²) in [5, 5.41) is 0. The van der Waals surface area contributed by atoms with Gasteiger partial charge in [-0.2, -0.15) is 0 Å². The Morgan fingerprint density at radius 2 is 0.964 bits per heavy atom. The molecule has 0 bridgehead atoms. The summed E-state index contributed by atoms with van der Waals surface area (Å²) in [6, 6.07) is 11.5. The summed E-state index contributed by atoms with van der Waals surface area (Å²) in [6.07, 6.45) is 19.5. The van der Waals surface area contributed by atoms with E-state index in [2.05, 4.69) is 20.4 Å². The van der Waals surface area contributed by atoms with Crippen molar-refractivity contribution in [2.75, 3.05) is 13.2 Å². The predicted molar refractivity (Wildman–Crippen MR) is 218 cm³/mol.